The molecule has 7 saturated heterocycles. The molecule has 0 bridgehead atoms. The molecule has 37 nitrogen and oxygen atoms in total. The van der Waals surface area contributed by atoms with E-state index in [-0.39, 0.29) is 0 Å². The quantitative estimate of drug-likeness (QED) is 0.0538. The van der Waals surface area contributed by atoms with Crippen LogP contribution < -0.4 is 10.6 Å². The van der Waals surface area contributed by atoms with Gasteiger partial charge >= 0.3 is 0 Å². The summed E-state index contributed by atoms with van der Waals surface area (Å²) in [5.74, 6) is -1.77. The molecule has 0 aromatic rings. The maximum atomic E-state index is 13.1. The first-order chi connectivity index (χ1) is 39.2. The molecule has 1 unspecified atom stereocenters. The SMILES string of the molecule is CC(=O)N[C@H]1[C@H](O[C@H]2[C@@H](O)[C@@H](CO[C@@H]3O[C@H](CO)[C@@H](O[C@@H]4O[C@H](CO)[C@H](O)[C@H](O)[C@H]4O)[C@H](O[C@@H]4O[C@@H](C)[C@@H](O)[C@@H](O)[C@@H]4O)[C@H]3NC(C)=O)O[C@@H](O[C@H]3[C@H](O)[C@@H](O)C(O)O[C@@H]3CO)[C@@H]2O)O[C@H](CO)[C@@H](O[C@@H]2O[C@H](CO)[C@H](O)[C@H](O)[C@H]2O)[C@@H]1O. The summed E-state index contributed by atoms with van der Waals surface area (Å²) < 4.78 is 75.9. The monoisotopic (exact) mass is 1220 g/mol. The third kappa shape index (κ3) is 14.7. The molecule has 0 spiro atoms. The fourth-order valence-corrected chi connectivity index (χ4v) is 10.6. The molecular formula is C46H78N2O35. The highest BCUT2D eigenvalue weighted by atomic mass is 16.8. The van der Waals surface area contributed by atoms with Crippen molar-refractivity contribution in [3.63, 3.8) is 0 Å². The second kappa shape index (κ2) is 29.3. The molecule has 7 fully saturated rings. The number of ether oxygens (including phenoxy) is 13. The van der Waals surface area contributed by atoms with Gasteiger partial charge in [0.15, 0.2) is 44.0 Å². The Labute approximate surface area is 470 Å². The lowest BCUT2D eigenvalue weighted by Crippen LogP contribution is -2.70. The molecule has 0 radical (unpaired) electrons. The first-order valence-electron chi connectivity index (χ1n) is 26.5. The summed E-state index contributed by atoms with van der Waals surface area (Å²) in [5, 5.41) is 220. The van der Waals surface area contributed by atoms with Crippen LogP contribution in [0, 0.1) is 0 Å². The lowest BCUT2D eigenvalue weighted by atomic mass is 9.94. The zero-order chi connectivity index (χ0) is 61.2. The first-order valence-corrected chi connectivity index (χ1v) is 26.5. The molecule has 35 atom stereocenters. The van der Waals surface area contributed by atoms with E-state index in [2.05, 4.69) is 10.6 Å². The van der Waals surface area contributed by atoms with E-state index in [1.54, 1.807) is 0 Å². The normalized spacial score (nSPS) is 50.8. The van der Waals surface area contributed by atoms with Gasteiger partial charge in [-0.2, -0.15) is 0 Å². The zero-order valence-electron chi connectivity index (χ0n) is 44.5. The second-order valence-corrected chi connectivity index (χ2v) is 21.1. The van der Waals surface area contributed by atoms with Gasteiger partial charge in [0.1, 0.15) is 165 Å². The lowest BCUT2D eigenvalue weighted by Gasteiger charge is -2.51. The average Bonchev–Trinajstić information content (AvgIpc) is 2.60. The van der Waals surface area contributed by atoms with Crippen molar-refractivity contribution in [3.8, 4) is 0 Å². The van der Waals surface area contributed by atoms with Crippen LogP contribution in [0.1, 0.15) is 20.8 Å². The summed E-state index contributed by atoms with van der Waals surface area (Å²) in [7, 11) is 0. The molecule has 482 valence electrons. The summed E-state index contributed by atoms with van der Waals surface area (Å²) in [6.07, 6.45) is -63.7. The van der Waals surface area contributed by atoms with Crippen LogP contribution in [-0.4, -0.2) is 368 Å². The van der Waals surface area contributed by atoms with Crippen molar-refractivity contribution in [2.24, 2.45) is 0 Å². The summed E-state index contributed by atoms with van der Waals surface area (Å²) in [6, 6.07) is -3.63. The van der Waals surface area contributed by atoms with E-state index in [0.29, 0.717) is 0 Å². The molecule has 83 heavy (non-hydrogen) atoms. The number of amides is 2. The van der Waals surface area contributed by atoms with E-state index in [9.17, 15) is 112 Å². The summed E-state index contributed by atoms with van der Waals surface area (Å²) in [4.78, 5) is 25.8. The van der Waals surface area contributed by atoms with Gasteiger partial charge in [-0.05, 0) is 6.92 Å². The zero-order valence-corrected chi connectivity index (χ0v) is 44.5. The highest BCUT2D eigenvalue weighted by molar-refractivity contribution is 5.73. The van der Waals surface area contributed by atoms with Gasteiger partial charge in [0.05, 0.1) is 45.7 Å². The largest absolute Gasteiger partial charge is 0.394 e. The van der Waals surface area contributed by atoms with Crippen molar-refractivity contribution in [1.29, 1.82) is 0 Å². The number of hydrogen-bond donors (Lipinski definition) is 22. The van der Waals surface area contributed by atoms with Gasteiger partial charge in [-0.1, -0.05) is 0 Å². The Morgan fingerprint density at radius 3 is 1.24 bits per heavy atom. The first kappa shape index (κ1) is 68.1. The van der Waals surface area contributed by atoms with E-state index < -0.39 is 266 Å². The van der Waals surface area contributed by atoms with Gasteiger partial charge in [-0.15, -0.1) is 0 Å². The molecule has 7 aliphatic heterocycles. The summed E-state index contributed by atoms with van der Waals surface area (Å²) >= 11 is 0. The molecule has 22 N–H and O–H groups in total. The van der Waals surface area contributed by atoms with Gasteiger partial charge in [0, 0.05) is 13.8 Å². The number of aliphatic hydroxyl groups is 20. The number of hydrogen-bond acceptors (Lipinski definition) is 35. The van der Waals surface area contributed by atoms with Gasteiger partial charge in [-0.3, -0.25) is 9.59 Å². The van der Waals surface area contributed by atoms with Crippen molar-refractivity contribution in [2.75, 3.05) is 39.6 Å². The van der Waals surface area contributed by atoms with E-state index in [1.807, 2.05) is 0 Å². The van der Waals surface area contributed by atoms with E-state index in [4.69, 9.17) is 61.6 Å². The van der Waals surface area contributed by atoms with Crippen LogP contribution in [0.4, 0.5) is 0 Å². The number of rotatable bonds is 20. The molecule has 0 aromatic heterocycles. The molecule has 0 aromatic carbocycles. The van der Waals surface area contributed by atoms with Crippen LogP contribution in [0.5, 0.6) is 0 Å². The molecular weight excluding hydrogens is 1140 g/mol. The van der Waals surface area contributed by atoms with Crippen molar-refractivity contribution in [2.45, 2.75) is 236 Å². The topological polar surface area (TPSA) is 583 Å². The standard InChI is InChI=1S/C46H78N2O35/c1-10-21(56)26(61)31(66)43(72-10)82-38-20(48-12(3)55)41(76-17(8-53)37(38)81-45-33(68)28(63)23(58)14(5-50)75-45)71-9-18-24(59)39(34(69)46(78-18)80-36-15(6-51)73-40(70)30(65)29(36)64)83-42-19(47-11(2)54)25(60)35(16(7-52)77-42)79-44-32(67)27(62)22(57)13(4-49)74-44/h10,13-46,49-53,56-70H,4-9H2,1-3H3,(H,47,54)(H,48,55)/t10-,13+,14+,15+,16+,17+,18+,19+,20+,21+,22-,23-,24-,25+,26+,27-,28-,29+,30+,31-,32+,33+,34+,35+,36+,37+,38+,39-,40?,41+,42-,43-,44-,45-,46-/m0/s1. The number of nitrogens with one attached hydrogen (secondary N) is 2. The van der Waals surface area contributed by atoms with Crippen molar-refractivity contribution in [3.05, 3.63) is 0 Å². The van der Waals surface area contributed by atoms with Crippen LogP contribution >= 0.6 is 0 Å². The predicted octanol–water partition coefficient (Wildman–Crippen LogP) is -15.0. The molecule has 7 heterocycles. The minimum atomic E-state index is -2.32. The fourth-order valence-electron chi connectivity index (χ4n) is 10.6. The Morgan fingerprint density at radius 2 is 0.723 bits per heavy atom. The summed E-state index contributed by atoms with van der Waals surface area (Å²) in [6.45, 7) is -2.73. The number of carbonyl (C=O) groups is 2. The molecule has 7 aliphatic rings. The Kier molecular flexibility index (Phi) is 24.0. The Bertz CT molecular complexity index is 2040. The molecule has 37 heteroatoms. The third-order valence-electron chi connectivity index (χ3n) is 15.3. The smallest absolute Gasteiger partial charge is 0.217 e. The van der Waals surface area contributed by atoms with Gasteiger partial charge in [0.25, 0.3) is 0 Å². The Hall–Kier alpha value is -2.38. The minimum absolute atomic E-state index is 0.882. The summed E-state index contributed by atoms with van der Waals surface area (Å²) in [5.41, 5.74) is 0. The van der Waals surface area contributed by atoms with Crippen LogP contribution in [0.25, 0.3) is 0 Å². The Morgan fingerprint density at radius 1 is 0.337 bits per heavy atom. The molecule has 0 aliphatic carbocycles. The molecule has 7 rings (SSSR count). The van der Waals surface area contributed by atoms with Crippen molar-refractivity contribution >= 4 is 11.8 Å². The highest BCUT2D eigenvalue weighted by Gasteiger charge is 2.59. The molecule has 2 amide bonds. The average molecular weight is 1220 g/mol. The van der Waals surface area contributed by atoms with E-state index in [1.165, 1.54) is 6.92 Å². The fraction of sp³-hybridized carbons (Fsp3) is 0.957. The van der Waals surface area contributed by atoms with Crippen molar-refractivity contribution in [1.82, 2.24) is 10.6 Å². The van der Waals surface area contributed by atoms with Crippen LogP contribution in [0.2, 0.25) is 0 Å². The minimum Gasteiger partial charge on any atom is -0.394 e. The van der Waals surface area contributed by atoms with Gasteiger partial charge < -0.3 is 174 Å². The van der Waals surface area contributed by atoms with Gasteiger partial charge in [0.2, 0.25) is 11.8 Å². The van der Waals surface area contributed by atoms with E-state index >= 15 is 0 Å². The maximum absolute atomic E-state index is 13.1. The predicted molar refractivity (Wildman–Crippen MR) is 254 cm³/mol. The lowest BCUT2D eigenvalue weighted by molar-refractivity contribution is -0.387. The van der Waals surface area contributed by atoms with Crippen LogP contribution in [0.3, 0.4) is 0 Å². The van der Waals surface area contributed by atoms with E-state index in [0.717, 1.165) is 13.8 Å². The number of carbonyl (C=O) groups excluding carboxylic acids is 2. The third-order valence-corrected chi connectivity index (χ3v) is 15.3. The number of aliphatic hydroxyl groups excluding tert-OH is 20. The van der Waals surface area contributed by atoms with Crippen LogP contribution in [0.15, 0.2) is 0 Å². The maximum Gasteiger partial charge on any atom is 0.217 e. The molecule has 0 saturated carbocycles. The van der Waals surface area contributed by atoms with Crippen molar-refractivity contribution < 1.29 is 173 Å². The Balaban J connectivity index is 1.21. The highest BCUT2D eigenvalue weighted by Crippen LogP contribution is 2.38. The van der Waals surface area contributed by atoms with Gasteiger partial charge in [-0.25, -0.2) is 0 Å². The van der Waals surface area contributed by atoms with Crippen LogP contribution in [-0.2, 0) is 71.2 Å². The second-order valence-electron chi connectivity index (χ2n) is 21.1.